The van der Waals surface area contributed by atoms with Crippen LogP contribution in [0.2, 0.25) is 0 Å². The van der Waals surface area contributed by atoms with Crippen LogP contribution in [-0.4, -0.2) is 29.8 Å². The van der Waals surface area contributed by atoms with Crippen LogP contribution in [0.3, 0.4) is 0 Å². The number of pyridine rings is 1. The van der Waals surface area contributed by atoms with E-state index in [2.05, 4.69) is 25.3 Å². The Balaban J connectivity index is 1.56. The quantitative estimate of drug-likeness (QED) is 0.367. The minimum absolute atomic E-state index is 0.0241. The van der Waals surface area contributed by atoms with Gasteiger partial charge in [-0.2, -0.15) is 5.10 Å². The summed E-state index contributed by atoms with van der Waals surface area (Å²) in [4.78, 5) is 8.17. The highest BCUT2D eigenvalue weighted by Gasteiger charge is 2.22. The molecule has 11 heteroatoms. The standard InChI is InChI=1S/C20H12F4N6O/c1-9-2-4-11-10(6-9)3-5-12(25-11)19-27-28-20(31-19)14-8-16-26-13(17(21)22)7-15(18(23)24)30(16)29-14/h2-8,17-18H,1H3. The van der Waals surface area contributed by atoms with Gasteiger partial charge in [-0.05, 0) is 31.2 Å². The molecule has 0 unspecified atom stereocenters. The van der Waals surface area contributed by atoms with Crippen LogP contribution in [0.4, 0.5) is 17.6 Å². The van der Waals surface area contributed by atoms with Crippen molar-refractivity contribution < 1.29 is 22.0 Å². The van der Waals surface area contributed by atoms with Crippen molar-refractivity contribution in [3.63, 3.8) is 0 Å². The third-order valence-corrected chi connectivity index (χ3v) is 4.63. The highest BCUT2D eigenvalue weighted by Crippen LogP contribution is 2.28. The smallest absolute Gasteiger partial charge is 0.280 e. The highest BCUT2D eigenvalue weighted by atomic mass is 19.3. The summed E-state index contributed by atoms with van der Waals surface area (Å²) in [6, 6.07) is 11.2. The van der Waals surface area contributed by atoms with Crippen molar-refractivity contribution in [1.29, 1.82) is 0 Å². The first kappa shape index (κ1) is 19.1. The first-order valence-corrected chi connectivity index (χ1v) is 9.07. The predicted octanol–water partition coefficient (Wildman–Crippen LogP) is 5.18. The van der Waals surface area contributed by atoms with Crippen LogP contribution in [-0.2, 0) is 0 Å². The molecule has 5 rings (SSSR count). The fraction of sp³-hybridized carbons (Fsp3) is 0.150. The second-order valence-corrected chi connectivity index (χ2v) is 6.81. The molecule has 4 aromatic heterocycles. The number of benzene rings is 1. The average molecular weight is 428 g/mol. The number of hydrogen-bond acceptors (Lipinski definition) is 6. The number of aryl methyl sites for hydroxylation is 1. The molecule has 0 spiro atoms. The van der Waals surface area contributed by atoms with Crippen molar-refractivity contribution in [2.75, 3.05) is 0 Å². The Morgan fingerprint density at radius 2 is 1.61 bits per heavy atom. The van der Waals surface area contributed by atoms with E-state index >= 15 is 0 Å². The van der Waals surface area contributed by atoms with Gasteiger partial charge >= 0.3 is 0 Å². The van der Waals surface area contributed by atoms with E-state index in [0.29, 0.717) is 11.8 Å². The minimum atomic E-state index is -3.03. The molecule has 5 aromatic rings. The summed E-state index contributed by atoms with van der Waals surface area (Å²) in [5, 5.41) is 12.8. The Bertz CT molecular complexity index is 1430. The maximum Gasteiger partial charge on any atom is 0.280 e. The van der Waals surface area contributed by atoms with E-state index in [1.165, 1.54) is 6.07 Å². The Morgan fingerprint density at radius 1 is 0.839 bits per heavy atom. The van der Waals surface area contributed by atoms with Crippen LogP contribution in [0.1, 0.15) is 29.8 Å². The second-order valence-electron chi connectivity index (χ2n) is 6.81. The summed E-state index contributed by atoms with van der Waals surface area (Å²) in [5.74, 6) is 0.0231. The average Bonchev–Trinajstić information content (AvgIpc) is 3.39. The molecule has 31 heavy (non-hydrogen) atoms. The zero-order valence-corrected chi connectivity index (χ0v) is 15.8. The van der Waals surface area contributed by atoms with Gasteiger partial charge in [0, 0.05) is 11.5 Å². The van der Waals surface area contributed by atoms with Crippen molar-refractivity contribution in [3.8, 4) is 23.2 Å². The Kier molecular flexibility index (Phi) is 4.38. The Hall–Kier alpha value is -3.89. The Labute approximate surface area is 171 Å². The lowest BCUT2D eigenvalue weighted by atomic mass is 10.1. The number of fused-ring (bicyclic) bond motifs is 2. The summed E-state index contributed by atoms with van der Waals surface area (Å²) in [7, 11) is 0. The number of aromatic nitrogens is 6. The van der Waals surface area contributed by atoms with E-state index < -0.39 is 24.2 Å². The maximum absolute atomic E-state index is 13.3. The molecule has 0 saturated heterocycles. The monoisotopic (exact) mass is 428 g/mol. The van der Waals surface area contributed by atoms with Crippen molar-refractivity contribution >= 4 is 16.6 Å². The normalized spacial score (nSPS) is 12.0. The number of nitrogens with zero attached hydrogens (tertiary/aromatic N) is 6. The largest absolute Gasteiger partial charge is 0.413 e. The fourth-order valence-electron chi connectivity index (χ4n) is 3.18. The van der Waals surface area contributed by atoms with Crippen LogP contribution in [0, 0.1) is 6.92 Å². The van der Waals surface area contributed by atoms with Crippen LogP contribution in [0.15, 0.2) is 46.9 Å². The number of hydrogen-bond donors (Lipinski definition) is 0. The zero-order chi connectivity index (χ0) is 21.7. The van der Waals surface area contributed by atoms with Gasteiger partial charge in [0.2, 0.25) is 0 Å². The van der Waals surface area contributed by atoms with Gasteiger partial charge in [-0.15, -0.1) is 10.2 Å². The zero-order valence-electron chi connectivity index (χ0n) is 15.8. The van der Waals surface area contributed by atoms with E-state index in [1.807, 2.05) is 31.2 Å². The fourth-order valence-corrected chi connectivity index (χ4v) is 3.18. The highest BCUT2D eigenvalue weighted by molar-refractivity contribution is 5.81. The van der Waals surface area contributed by atoms with Crippen LogP contribution >= 0.6 is 0 Å². The molecule has 4 heterocycles. The molecule has 0 aliphatic rings. The molecule has 0 radical (unpaired) electrons. The lowest BCUT2D eigenvalue weighted by molar-refractivity contribution is 0.135. The topological polar surface area (TPSA) is 82.0 Å². The van der Waals surface area contributed by atoms with Crippen molar-refractivity contribution in [1.82, 2.24) is 29.8 Å². The van der Waals surface area contributed by atoms with E-state index in [-0.39, 0.29) is 23.1 Å². The molecular weight excluding hydrogens is 416 g/mol. The minimum Gasteiger partial charge on any atom is -0.413 e. The van der Waals surface area contributed by atoms with Crippen molar-refractivity contribution in [3.05, 3.63) is 59.4 Å². The van der Waals surface area contributed by atoms with Gasteiger partial charge in [-0.1, -0.05) is 17.7 Å². The molecule has 0 fully saturated rings. The maximum atomic E-state index is 13.3. The molecule has 0 aliphatic carbocycles. The molecule has 0 aliphatic heterocycles. The Morgan fingerprint density at radius 3 is 2.35 bits per heavy atom. The van der Waals surface area contributed by atoms with E-state index in [1.54, 1.807) is 6.07 Å². The molecule has 0 saturated carbocycles. The van der Waals surface area contributed by atoms with Gasteiger partial charge in [0.15, 0.2) is 11.3 Å². The lowest BCUT2D eigenvalue weighted by Crippen LogP contribution is -2.04. The second kappa shape index (κ2) is 7.11. The number of halogens is 4. The van der Waals surface area contributed by atoms with Gasteiger partial charge < -0.3 is 4.42 Å². The van der Waals surface area contributed by atoms with Gasteiger partial charge in [-0.3, -0.25) is 0 Å². The third kappa shape index (κ3) is 3.37. The number of rotatable bonds is 4. The van der Waals surface area contributed by atoms with Crippen molar-refractivity contribution in [2.24, 2.45) is 0 Å². The summed E-state index contributed by atoms with van der Waals surface area (Å²) in [5.41, 5.74) is 0.624. The predicted molar refractivity (Wildman–Crippen MR) is 102 cm³/mol. The first-order chi connectivity index (χ1) is 14.9. The van der Waals surface area contributed by atoms with E-state index in [9.17, 15) is 17.6 Å². The molecule has 0 N–H and O–H groups in total. The summed E-state index contributed by atoms with van der Waals surface area (Å²) in [6.07, 6.45) is -6.03. The molecule has 1 aromatic carbocycles. The van der Waals surface area contributed by atoms with E-state index in [0.717, 1.165) is 21.0 Å². The van der Waals surface area contributed by atoms with Gasteiger partial charge in [0.05, 0.1) is 5.52 Å². The van der Waals surface area contributed by atoms with Gasteiger partial charge in [-0.25, -0.2) is 32.0 Å². The summed E-state index contributed by atoms with van der Waals surface area (Å²) < 4.78 is 59.1. The molecular formula is C20H12F4N6O. The SMILES string of the molecule is Cc1ccc2nc(-c3nnc(-c4cc5nc(C(F)F)cc(C(F)F)n5n4)o3)ccc2c1. The first-order valence-electron chi connectivity index (χ1n) is 9.07. The summed E-state index contributed by atoms with van der Waals surface area (Å²) in [6.45, 7) is 1.98. The van der Waals surface area contributed by atoms with E-state index in [4.69, 9.17) is 4.42 Å². The van der Waals surface area contributed by atoms with Gasteiger partial charge in [0.1, 0.15) is 17.1 Å². The lowest BCUT2D eigenvalue weighted by Gasteiger charge is -2.06. The molecule has 7 nitrogen and oxygen atoms in total. The summed E-state index contributed by atoms with van der Waals surface area (Å²) >= 11 is 0. The van der Waals surface area contributed by atoms with Crippen LogP contribution in [0.25, 0.3) is 39.7 Å². The third-order valence-electron chi connectivity index (χ3n) is 4.63. The molecule has 0 amide bonds. The molecule has 0 bridgehead atoms. The number of alkyl halides is 4. The van der Waals surface area contributed by atoms with Crippen molar-refractivity contribution in [2.45, 2.75) is 19.8 Å². The van der Waals surface area contributed by atoms with Gasteiger partial charge in [0.25, 0.3) is 24.6 Å². The van der Waals surface area contributed by atoms with Crippen LogP contribution in [0.5, 0.6) is 0 Å². The molecule has 0 atom stereocenters. The van der Waals surface area contributed by atoms with Crippen LogP contribution < -0.4 is 0 Å². The molecule has 156 valence electrons.